The van der Waals surface area contributed by atoms with Crippen LogP contribution < -0.4 is 4.74 Å². The highest BCUT2D eigenvalue weighted by Crippen LogP contribution is 2.41. The fraction of sp³-hybridized carbons (Fsp3) is 0.667. The Kier molecular flexibility index (Phi) is 7.29. The van der Waals surface area contributed by atoms with Crippen LogP contribution in [0.25, 0.3) is 0 Å². The van der Waals surface area contributed by atoms with Crippen molar-refractivity contribution in [2.45, 2.75) is 64.3 Å². The molecule has 0 N–H and O–H groups in total. The van der Waals surface area contributed by atoms with E-state index in [1.54, 1.807) is 7.11 Å². The predicted molar refractivity (Wildman–Crippen MR) is 101 cm³/mol. The van der Waals surface area contributed by atoms with Gasteiger partial charge in [0.25, 0.3) is 0 Å². The second-order valence-corrected chi connectivity index (χ2v) is 7.30. The van der Waals surface area contributed by atoms with E-state index in [0.29, 0.717) is 0 Å². The highest BCUT2D eigenvalue weighted by Gasteiger charge is 2.39. The predicted octanol–water partition coefficient (Wildman–Crippen LogP) is 5.01. The molecule has 0 bridgehead atoms. The Bertz CT molecular complexity index is 555. The molecule has 1 aromatic rings. The SMILES string of the molecule is CCC(CC)(CCC(C#N)(c1cccc(OC)c1)C(C)C)N(C)C. The van der Waals surface area contributed by atoms with Gasteiger partial charge in [0, 0.05) is 5.54 Å². The zero-order chi connectivity index (χ0) is 18.4. The van der Waals surface area contributed by atoms with E-state index in [9.17, 15) is 5.26 Å². The molecule has 134 valence electrons. The van der Waals surface area contributed by atoms with Gasteiger partial charge in [-0.1, -0.05) is 39.8 Å². The van der Waals surface area contributed by atoms with Crippen molar-refractivity contribution in [1.82, 2.24) is 4.90 Å². The molecule has 0 amide bonds. The smallest absolute Gasteiger partial charge is 0.119 e. The molecule has 24 heavy (non-hydrogen) atoms. The topological polar surface area (TPSA) is 36.3 Å². The Morgan fingerprint density at radius 1 is 1.17 bits per heavy atom. The summed E-state index contributed by atoms with van der Waals surface area (Å²) in [6.07, 6.45) is 4.05. The Hall–Kier alpha value is -1.53. The van der Waals surface area contributed by atoms with Gasteiger partial charge >= 0.3 is 0 Å². The van der Waals surface area contributed by atoms with Crippen LogP contribution in [0.15, 0.2) is 24.3 Å². The lowest BCUT2D eigenvalue weighted by Crippen LogP contribution is -2.45. The summed E-state index contributed by atoms with van der Waals surface area (Å²) < 4.78 is 5.38. The molecule has 0 spiro atoms. The van der Waals surface area contributed by atoms with Gasteiger partial charge in [0.05, 0.1) is 18.6 Å². The van der Waals surface area contributed by atoms with Gasteiger partial charge in [-0.2, -0.15) is 5.26 Å². The maximum absolute atomic E-state index is 10.1. The van der Waals surface area contributed by atoms with E-state index in [-0.39, 0.29) is 11.5 Å². The highest BCUT2D eigenvalue weighted by molar-refractivity contribution is 5.39. The van der Waals surface area contributed by atoms with E-state index < -0.39 is 5.41 Å². The summed E-state index contributed by atoms with van der Waals surface area (Å²) in [6, 6.07) is 10.7. The first-order valence-corrected chi connectivity index (χ1v) is 9.05. The number of hydrogen-bond acceptors (Lipinski definition) is 3. The zero-order valence-corrected chi connectivity index (χ0v) is 16.5. The lowest BCUT2D eigenvalue weighted by Gasteiger charge is -2.42. The molecule has 0 aromatic heterocycles. The maximum Gasteiger partial charge on any atom is 0.119 e. The normalized spacial score (nSPS) is 14.5. The van der Waals surface area contributed by atoms with Crippen LogP contribution in [0, 0.1) is 17.2 Å². The van der Waals surface area contributed by atoms with Crippen molar-refractivity contribution in [2.75, 3.05) is 21.2 Å². The van der Waals surface area contributed by atoms with Gasteiger partial charge in [-0.15, -0.1) is 0 Å². The first-order valence-electron chi connectivity index (χ1n) is 9.05. The number of rotatable bonds is 9. The van der Waals surface area contributed by atoms with Crippen molar-refractivity contribution >= 4 is 0 Å². The molecule has 1 unspecified atom stereocenters. The standard InChI is InChI=1S/C21H34N2O/c1-8-20(9-2,23(5)6)13-14-21(16-22,17(3)4)18-11-10-12-19(15-18)24-7/h10-12,15,17H,8-9,13-14H2,1-7H3. The molecule has 0 saturated heterocycles. The van der Waals surface area contributed by atoms with Crippen LogP contribution in [0.3, 0.4) is 0 Å². The van der Waals surface area contributed by atoms with E-state index in [2.05, 4.69) is 58.8 Å². The van der Waals surface area contributed by atoms with E-state index in [1.165, 1.54) is 0 Å². The van der Waals surface area contributed by atoms with E-state index >= 15 is 0 Å². The van der Waals surface area contributed by atoms with E-state index in [0.717, 1.165) is 37.0 Å². The molecule has 1 atom stereocenters. The van der Waals surface area contributed by atoms with E-state index in [4.69, 9.17) is 4.74 Å². The minimum atomic E-state index is -0.486. The number of benzene rings is 1. The van der Waals surface area contributed by atoms with Crippen molar-refractivity contribution in [3.05, 3.63) is 29.8 Å². The molecule has 0 radical (unpaired) electrons. The first kappa shape index (κ1) is 20.5. The van der Waals surface area contributed by atoms with Crippen molar-refractivity contribution < 1.29 is 4.74 Å². The zero-order valence-electron chi connectivity index (χ0n) is 16.5. The van der Waals surface area contributed by atoms with Crippen LogP contribution in [0.2, 0.25) is 0 Å². The summed E-state index contributed by atoms with van der Waals surface area (Å²) in [6.45, 7) is 8.80. The van der Waals surface area contributed by atoms with Crippen molar-refractivity contribution in [3.8, 4) is 11.8 Å². The minimum Gasteiger partial charge on any atom is -0.497 e. The molecule has 0 fully saturated rings. The van der Waals surface area contributed by atoms with Gasteiger partial charge in [-0.05, 0) is 63.4 Å². The lowest BCUT2D eigenvalue weighted by atomic mass is 9.67. The first-order chi connectivity index (χ1) is 11.3. The summed E-state index contributed by atoms with van der Waals surface area (Å²) in [4.78, 5) is 2.33. The fourth-order valence-corrected chi connectivity index (χ4v) is 3.81. The molecular weight excluding hydrogens is 296 g/mol. The maximum atomic E-state index is 10.1. The van der Waals surface area contributed by atoms with Gasteiger partial charge in [-0.25, -0.2) is 0 Å². The number of nitriles is 1. The quantitative estimate of drug-likeness (QED) is 0.638. The van der Waals surface area contributed by atoms with Crippen LogP contribution in [0.5, 0.6) is 5.75 Å². The second kappa shape index (κ2) is 8.53. The average molecular weight is 331 g/mol. The Balaban J connectivity index is 3.25. The molecule has 0 aliphatic heterocycles. The lowest BCUT2D eigenvalue weighted by molar-refractivity contribution is 0.113. The third-order valence-electron chi connectivity index (χ3n) is 6.02. The molecule has 3 heteroatoms. The number of ether oxygens (including phenoxy) is 1. The second-order valence-electron chi connectivity index (χ2n) is 7.30. The molecule has 0 saturated carbocycles. The number of methoxy groups -OCH3 is 1. The molecule has 0 aliphatic carbocycles. The van der Waals surface area contributed by atoms with Crippen molar-refractivity contribution in [2.24, 2.45) is 5.92 Å². The van der Waals surface area contributed by atoms with Crippen LogP contribution in [0.1, 0.15) is 58.9 Å². The van der Waals surface area contributed by atoms with Crippen LogP contribution in [-0.2, 0) is 5.41 Å². The Labute approximate surface area is 148 Å². The molecule has 0 heterocycles. The monoisotopic (exact) mass is 330 g/mol. The summed E-state index contributed by atoms with van der Waals surface area (Å²) in [5, 5.41) is 10.1. The van der Waals surface area contributed by atoms with Gasteiger partial charge in [0.2, 0.25) is 0 Å². The van der Waals surface area contributed by atoms with Crippen LogP contribution in [0.4, 0.5) is 0 Å². The molecular formula is C21H34N2O. The fourth-order valence-electron chi connectivity index (χ4n) is 3.81. The minimum absolute atomic E-state index is 0.149. The van der Waals surface area contributed by atoms with Gasteiger partial charge in [0.1, 0.15) is 5.75 Å². The van der Waals surface area contributed by atoms with Gasteiger partial charge in [-0.3, -0.25) is 0 Å². The summed E-state index contributed by atoms with van der Waals surface area (Å²) in [5.74, 6) is 1.06. The number of nitrogens with zero attached hydrogens (tertiary/aromatic N) is 2. The number of hydrogen-bond donors (Lipinski definition) is 0. The van der Waals surface area contributed by atoms with Gasteiger partial charge in [0.15, 0.2) is 0 Å². The van der Waals surface area contributed by atoms with Crippen molar-refractivity contribution in [3.63, 3.8) is 0 Å². The van der Waals surface area contributed by atoms with Crippen LogP contribution in [-0.4, -0.2) is 31.6 Å². The van der Waals surface area contributed by atoms with Crippen LogP contribution >= 0.6 is 0 Å². The summed E-state index contributed by atoms with van der Waals surface area (Å²) in [5.41, 5.74) is 0.731. The molecule has 1 rings (SSSR count). The largest absolute Gasteiger partial charge is 0.497 e. The third kappa shape index (κ3) is 3.92. The Morgan fingerprint density at radius 3 is 2.21 bits per heavy atom. The van der Waals surface area contributed by atoms with Crippen molar-refractivity contribution in [1.29, 1.82) is 5.26 Å². The average Bonchev–Trinajstić information content (AvgIpc) is 2.59. The van der Waals surface area contributed by atoms with E-state index in [1.807, 2.05) is 18.2 Å². The molecule has 3 nitrogen and oxygen atoms in total. The third-order valence-corrected chi connectivity index (χ3v) is 6.02. The summed E-state index contributed by atoms with van der Waals surface area (Å²) >= 11 is 0. The van der Waals surface area contributed by atoms with Gasteiger partial charge < -0.3 is 9.64 Å². The molecule has 1 aromatic carbocycles. The summed E-state index contributed by atoms with van der Waals surface area (Å²) in [7, 11) is 5.98. The Morgan fingerprint density at radius 2 is 1.79 bits per heavy atom. The highest BCUT2D eigenvalue weighted by atomic mass is 16.5. The molecule has 0 aliphatic rings.